The minimum absolute atomic E-state index is 0. The molecule has 0 radical (unpaired) electrons. The lowest BCUT2D eigenvalue weighted by atomic mass is 10.2. The van der Waals surface area contributed by atoms with E-state index >= 15 is 0 Å². The maximum absolute atomic E-state index is 12.0. The Balaban J connectivity index is 0.00000192. The summed E-state index contributed by atoms with van der Waals surface area (Å²) in [7, 11) is 0. The third kappa shape index (κ3) is 3.69. The van der Waals surface area contributed by atoms with E-state index in [0.29, 0.717) is 35.5 Å². The quantitative estimate of drug-likeness (QED) is 0.791. The summed E-state index contributed by atoms with van der Waals surface area (Å²) in [6.07, 6.45) is 2.80. The Bertz CT molecular complexity index is 723. The molecule has 0 aliphatic heterocycles. The fourth-order valence-corrected chi connectivity index (χ4v) is 1.97. The number of anilines is 2. The average Bonchev–Trinajstić information content (AvgIpc) is 3.10. The van der Waals surface area contributed by atoms with Gasteiger partial charge in [0.15, 0.2) is 0 Å². The number of nitrogens with one attached hydrogen (secondary N) is 2. The number of carbonyl (C=O) groups excluding carboxylic acids is 2. The molecule has 1 heterocycles. The van der Waals surface area contributed by atoms with E-state index in [1.54, 1.807) is 31.2 Å². The molecule has 1 aromatic heterocycles. The Kier molecular flexibility index (Phi) is 4.72. The topological polar surface area (TPSA) is 110 Å². The van der Waals surface area contributed by atoms with Crippen LogP contribution < -0.4 is 16.4 Å². The van der Waals surface area contributed by atoms with Crippen LogP contribution in [-0.4, -0.2) is 22.5 Å². The molecule has 1 aromatic carbocycles. The van der Waals surface area contributed by atoms with Gasteiger partial charge in [-0.15, -0.1) is 12.4 Å². The Hall–Kier alpha value is -2.38. The molecule has 8 heteroatoms. The molecule has 2 amide bonds. The van der Waals surface area contributed by atoms with E-state index in [4.69, 9.17) is 10.3 Å². The van der Waals surface area contributed by atoms with Gasteiger partial charge in [-0.05, 0) is 44.0 Å². The number of aryl methyl sites for hydroxylation is 1. The second-order valence-corrected chi connectivity index (χ2v) is 5.44. The summed E-state index contributed by atoms with van der Waals surface area (Å²) in [5.41, 5.74) is 6.74. The average molecular weight is 337 g/mol. The Morgan fingerprint density at radius 3 is 2.22 bits per heavy atom. The first-order valence-electron chi connectivity index (χ1n) is 6.91. The van der Waals surface area contributed by atoms with Crippen molar-refractivity contribution in [1.29, 1.82) is 0 Å². The van der Waals surface area contributed by atoms with Gasteiger partial charge in [-0.3, -0.25) is 9.59 Å². The highest BCUT2D eigenvalue weighted by Gasteiger charge is 2.45. The van der Waals surface area contributed by atoms with Crippen LogP contribution in [-0.2, 0) is 4.79 Å². The van der Waals surface area contributed by atoms with E-state index in [9.17, 15) is 9.59 Å². The van der Waals surface area contributed by atoms with Crippen molar-refractivity contribution in [2.75, 3.05) is 10.6 Å². The SMILES string of the molecule is Cc1oncc1C(=O)Nc1ccc(NC(=O)C2(N)CC2)cc1.Cl. The lowest BCUT2D eigenvalue weighted by Gasteiger charge is -2.10. The number of carbonyl (C=O) groups is 2. The van der Waals surface area contributed by atoms with Gasteiger partial charge in [-0.1, -0.05) is 5.16 Å². The minimum Gasteiger partial charge on any atom is -0.361 e. The third-order valence-corrected chi connectivity index (χ3v) is 3.64. The van der Waals surface area contributed by atoms with E-state index in [1.807, 2.05) is 0 Å². The van der Waals surface area contributed by atoms with E-state index < -0.39 is 5.54 Å². The second kappa shape index (κ2) is 6.39. The summed E-state index contributed by atoms with van der Waals surface area (Å²) in [4.78, 5) is 23.8. The predicted molar refractivity (Wildman–Crippen MR) is 87.7 cm³/mol. The number of nitrogens with zero attached hydrogens (tertiary/aromatic N) is 1. The molecular formula is C15H17ClN4O3. The molecule has 4 N–H and O–H groups in total. The molecule has 3 rings (SSSR count). The summed E-state index contributed by atoms with van der Waals surface area (Å²) in [5.74, 6) is -0.0159. The highest BCUT2D eigenvalue weighted by Crippen LogP contribution is 2.33. The van der Waals surface area contributed by atoms with Gasteiger partial charge in [-0.25, -0.2) is 0 Å². The molecule has 0 unspecified atom stereocenters. The van der Waals surface area contributed by atoms with Crippen molar-refractivity contribution in [1.82, 2.24) is 5.16 Å². The van der Waals surface area contributed by atoms with Crippen molar-refractivity contribution in [3.05, 3.63) is 41.8 Å². The third-order valence-electron chi connectivity index (χ3n) is 3.64. The van der Waals surface area contributed by atoms with Crippen LogP contribution in [0.25, 0.3) is 0 Å². The van der Waals surface area contributed by atoms with E-state index in [-0.39, 0.29) is 24.2 Å². The summed E-state index contributed by atoms with van der Waals surface area (Å²) >= 11 is 0. The van der Waals surface area contributed by atoms with Gasteiger partial charge in [0.25, 0.3) is 5.91 Å². The molecule has 7 nitrogen and oxygen atoms in total. The van der Waals surface area contributed by atoms with E-state index in [1.165, 1.54) is 6.20 Å². The zero-order valence-corrected chi connectivity index (χ0v) is 13.3. The van der Waals surface area contributed by atoms with Crippen molar-refractivity contribution in [3.63, 3.8) is 0 Å². The van der Waals surface area contributed by atoms with Crippen LogP contribution in [0.3, 0.4) is 0 Å². The van der Waals surface area contributed by atoms with Crippen LogP contribution >= 0.6 is 12.4 Å². The highest BCUT2D eigenvalue weighted by atomic mass is 35.5. The molecule has 1 fully saturated rings. The zero-order chi connectivity index (χ0) is 15.7. The van der Waals surface area contributed by atoms with E-state index in [2.05, 4.69) is 15.8 Å². The molecule has 1 saturated carbocycles. The molecule has 122 valence electrons. The Morgan fingerprint density at radius 1 is 1.17 bits per heavy atom. The normalized spacial score (nSPS) is 14.5. The number of benzene rings is 1. The molecule has 0 saturated heterocycles. The lowest BCUT2D eigenvalue weighted by molar-refractivity contribution is -0.118. The summed E-state index contributed by atoms with van der Waals surface area (Å²) in [6.45, 7) is 1.67. The number of amides is 2. The van der Waals surface area contributed by atoms with Crippen molar-refractivity contribution in [2.45, 2.75) is 25.3 Å². The van der Waals surface area contributed by atoms with Gasteiger partial charge in [-0.2, -0.15) is 0 Å². The van der Waals surface area contributed by atoms with Gasteiger partial charge in [0.2, 0.25) is 5.91 Å². The number of rotatable bonds is 4. The van der Waals surface area contributed by atoms with Crippen LogP contribution in [0, 0.1) is 6.92 Å². The predicted octanol–water partition coefficient (Wildman–Crippen LogP) is 2.09. The summed E-state index contributed by atoms with van der Waals surface area (Å²) in [5, 5.41) is 9.06. The van der Waals surface area contributed by atoms with Gasteiger partial charge in [0, 0.05) is 11.4 Å². The molecular weight excluding hydrogens is 320 g/mol. The fourth-order valence-electron chi connectivity index (χ4n) is 1.97. The lowest BCUT2D eigenvalue weighted by Crippen LogP contribution is -2.37. The Labute approximate surface area is 139 Å². The van der Waals surface area contributed by atoms with Crippen molar-refractivity contribution in [3.8, 4) is 0 Å². The summed E-state index contributed by atoms with van der Waals surface area (Å²) < 4.78 is 4.85. The Morgan fingerprint density at radius 2 is 1.74 bits per heavy atom. The first-order chi connectivity index (χ1) is 10.5. The van der Waals surface area contributed by atoms with Crippen LogP contribution in [0.5, 0.6) is 0 Å². The molecule has 0 spiro atoms. The maximum atomic E-state index is 12.0. The van der Waals surface area contributed by atoms with Gasteiger partial charge in [0.05, 0.1) is 11.7 Å². The van der Waals surface area contributed by atoms with Gasteiger partial charge < -0.3 is 20.9 Å². The first kappa shape index (κ1) is 17.0. The fraction of sp³-hybridized carbons (Fsp3) is 0.267. The molecule has 1 aliphatic carbocycles. The van der Waals surface area contributed by atoms with Crippen molar-refractivity contribution < 1.29 is 14.1 Å². The van der Waals surface area contributed by atoms with Gasteiger partial charge >= 0.3 is 0 Å². The molecule has 23 heavy (non-hydrogen) atoms. The van der Waals surface area contributed by atoms with Crippen molar-refractivity contribution >= 4 is 35.6 Å². The van der Waals surface area contributed by atoms with Gasteiger partial charge in [0.1, 0.15) is 11.3 Å². The van der Waals surface area contributed by atoms with Crippen LogP contribution in [0.2, 0.25) is 0 Å². The molecule has 0 atom stereocenters. The monoisotopic (exact) mass is 336 g/mol. The summed E-state index contributed by atoms with van der Waals surface area (Å²) in [6, 6.07) is 6.82. The van der Waals surface area contributed by atoms with Crippen LogP contribution in [0.4, 0.5) is 11.4 Å². The highest BCUT2D eigenvalue weighted by molar-refractivity contribution is 6.05. The molecule has 0 bridgehead atoms. The molecule has 1 aliphatic rings. The zero-order valence-electron chi connectivity index (χ0n) is 12.5. The standard InChI is InChI=1S/C15H16N4O3.ClH/c1-9-12(8-17-22-9)13(20)18-10-2-4-11(5-3-10)19-14(21)15(16)6-7-15;/h2-5,8H,6-7,16H2,1H3,(H,18,20)(H,19,21);1H. The second-order valence-electron chi connectivity index (χ2n) is 5.44. The van der Waals surface area contributed by atoms with Crippen LogP contribution in [0.15, 0.2) is 35.0 Å². The van der Waals surface area contributed by atoms with Crippen molar-refractivity contribution in [2.24, 2.45) is 5.73 Å². The number of aromatic nitrogens is 1. The number of halogens is 1. The molecule has 2 aromatic rings. The smallest absolute Gasteiger partial charge is 0.260 e. The number of hydrogen-bond acceptors (Lipinski definition) is 5. The maximum Gasteiger partial charge on any atom is 0.260 e. The van der Waals surface area contributed by atoms with E-state index in [0.717, 1.165) is 0 Å². The minimum atomic E-state index is -0.710. The largest absolute Gasteiger partial charge is 0.361 e. The first-order valence-corrected chi connectivity index (χ1v) is 6.91. The number of nitrogens with two attached hydrogens (primary N) is 1. The number of hydrogen-bond donors (Lipinski definition) is 3. The van der Waals surface area contributed by atoms with Crippen LogP contribution in [0.1, 0.15) is 29.0 Å².